The normalized spacial score (nSPS) is 45.3. The third-order valence-electron chi connectivity index (χ3n) is 14.6. The maximum Gasteiger partial charge on any atom is 0.311 e. The van der Waals surface area contributed by atoms with Gasteiger partial charge in [0.2, 0.25) is 0 Å². The number of hydrogen-bond donors (Lipinski definition) is 4. The van der Waals surface area contributed by atoms with Gasteiger partial charge in [-0.25, -0.2) is 0 Å². The van der Waals surface area contributed by atoms with Crippen molar-refractivity contribution in [3.63, 3.8) is 0 Å². The molecule has 0 radical (unpaired) electrons. The van der Waals surface area contributed by atoms with Crippen LogP contribution in [0.3, 0.4) is 0 Å². The van der Waals surface area contributed by atoms with Gasteiger partial charge in [-0.05, 0) is 126 Å². The van der Waals surface area contributed by atoms with Crippen molar-refractivity contribution in [1.82, 2.24) is 9.80 Å². The smallest absolute Gasteiger partial charge is 0.311 e. The molecule has 15 nitrogen and oxygen atoms in total. The molecule has 19 atom stereocenters. The number of esters is 2. The summed E-state index contributed by atoms with van der Waals surface area (Å²) in [5.74, 6) is -1.82. The predicted molar refractivity (Wildman–Crippen MR) is 242 cm³/mol. The molecule has 63 heavy (non-hydrogen) atoms. The van der Waals surface area contributed by atoms with Crippen LogP contribution in [0.2, 0.25) is 0 Å². The van der Waals surface area contributed by atoms with E-state index in [1.165, 1.54) is 32.6 Å². The second-order valence-electron chi connectivity index (χ2n) is 20.5. The van der Waals surface area contributed by atoms with Crippen LogP contribution in [0.4, 0.5) is 0 Å². The van der Waals surface area contributed by atoms with Crippen LogP contribution in [-0.2, 0) is 42.7 Å². The van der Waals surface area contributed by atoms with Crippen molar-refractivity contribution in [1.29, 1.82) is 0 Å². The van der Waals surface area contributed by atoms with Gasteiger partial charge in [0.05, 0.1) is 47.6 Å². The molecule has 0 spiro atoms. The predicted octanol–water partition coefficient (Wildman–Crippen LogP) is 4.91. The Bertz CT molecular complexity index is 1440. The molecule has 0 aliphatic carbocycles. The van der Waals surface area contributed by atoms with E-state index < -0.39 is 96.0 Å². The van der Waals surface area contributed by atoms with E-state index in [0.29, 0.717) is 18.2 Å². The molecular formula is C47H86N2O13S. The fourth-order valence-corrected chi connectivity index (χ4v) is 11.9. The monoisotopic (exact) mass is 919 g/mol. The lowest BCUT2D eigenvalue weighted by atomic mass is 9.77. The molecule has 0 saturated carbocycles. The number of rotatable bonds is 13. The summed E-state index contributed by atoms with van der Waals surface area (Å²) in [6.45, 7) is 18.2. The number of aliphatic hydroxyl groups is 4. The van der Waals surface area contributed by atoms with E-state index in [9.17, 15) is 30.0 Å². The molecule has 4 saturated heterocycles. The number of nitrogens with zero attached hydrogens (tertiary/aromatic N) is 2. The summed E-state index contributed by atoms with van der Waals surface area (Å²) in [6, 6.07) is -0.826. The Kier molecular flexibility index (Phi) is 20.1. The molecule has 4 heterocycles. The molecule has 4 aliphatic heterocycles. The van der Waals surface area contributed by atoms with E-state index in [1.54, 1.807) is 34.6 Å². The lowest BCUT2D eigenvalue weighted by molar-refractivity contribution is -0.319. The SMILES string of the molecule is CC[C@H]1OC(=O)[C@H](C)[C@@H](O[C@H]2C[C@@](C)(OC)[C@@H](O)[C@H](C)O2)[C@H](C)[C@@H](O[C@@H]2O[C@H](C)C[C@H](N(C)C)[C@H]2OC(=O)CCCC[C@@H]2CCCS2)[C@](C)(O)C[C@@H](C)CN(C)[C@H](C)[C@@H](O)[C@]1(C)O. The largest absolute Gasteiger partial charge is 0.459 e. The van der Waals surface area contributed by atoms with Crippen LogP contribution < -0.4 is 0 Å². The molecule has 0 aromatic carbocycles. The van der Waals surface area contributed by atoms with Crippen LogP contribution in [0.5, 0.6) is 0 Å². The van der Waals surface area contributed by atoms with Crippen LogP contribution in [0.15, 0.2) is 0 Å². The number of likely N-dealkylation sites (N-methyl/N-ethyl adjacent to an activating group) is 2. The van der Waals surface area contributed by atoms with Crippen LogP contribution in [0, 0.1) is 17.8 Å². The Morgan fingerprint density at radius 3 is 2.25 bits per heavy atom. The van der Waals surface area contributed by atoms with E-state index in [0.717, 1.165) is 19.3 Å². The first kappa shape index (κ1) is 54.5. The first-order chi connectivity index (χ1) is 29.4. The number of aliphatic hydroxyl groups excluding tert-OH is 2. The third kappa shape index (κ3) is 13.7. The highest BCUT2D eigenvalue weighted by Crippen LogP contribution is 2.41. The molecule has 0 aromatic heterocycles. The minimum atomic E-state index is -1.82. The summed E-state index contributed by atoms with van der Waals surface area (Å²) in [4.78, 5) is 32.1. The average molecular weight is 919 g/mol. The zero-order valence-electron chi connectivity index (χ0n) is 41.0. The number of methoxy groups -OCH3 is 1. The van der Waals surface area contributed by atoms with Crippen molar-refractivity contribution < 1.29 is 63.2 Å². The van der Waals surface area contributed by atoms with Crippen LogP contribution in [-0.4, -0.2) is 178 Å². The summed E-state index contributed by atoms with van der Waals surface area (Å²) in [5.41, 5.74) is -4.47. The van der Waals surface area contributed by atoms with E-state index in [-0.39, 0.29) is 49.7 Å². The Labute approximate surface area is 382 Å². The van der Waals surface area contributed by atoms with Gasteiger partial charge in [-0.3, -0.25) is 9.59 Å². The highest BCUT2D eigenvalue weighted by atomic mass is 32.2. The quantitative estimate of drug-likeness (QED) is 0.144. The zero-order chi connectivity index (χ0) is 47.2. The van der Waals surface area contributed by atoms with Crippen molar-refractivity contribution in [3.8, 4) is 0 Å². The molecular weight excluding hydrogens is 833 g/mol. The molecule has 4 fully saturated rings. The van der Waals surface area contributed by atoms with Gasteiger partial charge >= 0.3 is 11.9 Å². The van der Waals surface area contributed by atoms with Crippen LogP contribution in [0.1, 0.15) is 133 Å². The third-order valence-corrected chi connectivity index (χ3v) is 16.1. The van der Waals surface area contributed by atoms with Crippen molar-refractivity contribution in [2.24, 2.45) is 17.8 Å². The minimum Gasteiger partial charge on any atom is -0.459 e. The molecule has 0 unspecified atom stereocenters. The highest BCUT2D eigenvalue weighted by molar-refractivity contribution is 8.00. The highest BCUT2D eigenvalue weighted by Gasteiger charge is 2.53. The average Bonchev–Trinajstić information content (AvgIpc) is 3.74. The Morgan fingerprint density at radius 2 is 1.65 bits per heavy atom. The second kappa shape index (κ2) is 23.2. The van der Waals surface area contributed by atoms with E-state index >= 15 is 0 Å². The first-order valence-corrected chi connectivity index (χ1v) is 24.8. The van der Waals surface area contributed by atoms with Crippen molar-refractivity contribution in [2.45, 2.75) is 229 Å². The van der Waals surface area contributed by atoms with Gasteiger partial charge in [-0.15, -0.1) is 0 Å². The molecule has 0 aromatic rings. The number of thioether (sulfide) groups is 1. The molecule has 0 bridgehead atoms. The van der Waals surface area contributed by atoms with Crippen LogP contribution >= 0.6 is 11.8 Å². The number of hydrogen-bond acceptors (Lipinski definition) is 16. The lowest BCUT2D eigenvalue weighted by Gasteiger charge is -2.49. The summed E-state index contributed by atoms with van der Waals surface area (Å²) in [7, 11) is 7.24. The van der Waals surface area contributed by atoms with Gasteiger partial charge in [0.25, 0.3) is 0 Å². The minimum absolute atomic E-state index is 0.118. The summed E-state index contributed by atoms with van der Waals surface area (Å²) >= 11 is 2.02. The number of carbonyl (C=O) groups excluding carboxylic acids is 2. The lowest BCUT2D eigenvalue weighted by Crippen LogP contribution is -2.61. The molecule has 16 heteroatoms. The number of cyclic esters (lactones) is 1. The fraction of sp³-hybridized carbons (Fsp3) is 0.957. The van der Waals surface area contributed by atoms with Gasteiger partial charge in [0.15, 0.2) is 18.7 Å². The number of carbonyl (C=O) groups is 2. The Morgan fingerprint density at radius 1 is 0.968 bits per heavy atom. The van der Waals surface area contributed by atoms with Gasteiger partial charge in [-0.2, -0.15) is 11.8 Å². The van der Waals surface area contributed by atoms with Crippen LogP contribution in [0.25, 0.3) is 0 Å². The van der Waals surface area contributed by atoms with Crippen molar-refractivity contribution >= 4 is 23.7 Å². The van der Waals surface area contributed by atoms with E-state index in [4.69, 9.17) is 33.2 Å². The van der Waals surface area contributed by atoms with Gasteiger partial charge in [0.1, 0.15) is 23.9 Å². The van der Waals surface area contributed by atoms with Gasteiger partial charge < -0.3 is 63.4 Å². The first-order valence-electron chi connectivity index (χ1n) is 23.7. The fourth-order valence-electron chi connectivity index (χ4n) is 10.6. The van der Waals surface area contributed by atoms with Gasteiger partial charge in [0, 0.05) is 43.7 Å². The summed E-state index contributed by atoms with van der Waals surface area (Å²) < 4.78 is 45.0. The summed E-state index contributed by atoms with van der Waals surface area (Å²) in [5, 5.41) is 48.1. The van der Waals surface area contributed by atoms with Crippen molar-refractivity contribution in [2.75, 3.05) is 40.6 Å². The van der Waals surface area contributed by atoms with E-state index in [2.05, 4.69) is 0 Å². The molecule has 4 aliphatic rings. The number of ether oxygens (including phenoxy) is 7. The van der Waals surface area contributed by atoms with Gasteiger partial charge in [-0.1, -0.05) is 27.2 Å². The molecule has 0 amide bonds. The molecule has 4 rings (SSSR count). The Balaban J connectivity index is 1.78. The zero-order valence-corrected chi connectivity index (χ0v) is 41.8. The summed E-state index contributed by atoms with van der Waals surface area (Å²) in [6.07, 6.45) is -2.77. The maximum atomic E-state index is 14.5. The molecule has 4 N–H and O–H groups in total. The molecule has 368 valence electrons. The van der Waals surface area contributed by atoms with E-state index in [1.807, 2.05) is 70.4 Å². The maximum absolute atomic E-state index is 14.5. The number of unbranched alkanes of at least 4 members (excludes halogenated alkanes) is 1. The Hall–Kier alpha value is -1.15. The standard InChI is InChI=1S/C47H86N2O13S/c1-15-35-47(10,55)40(51)31(6)49(13)26-27(2)24-45(8,54)42(29(4)38(30(5)43(53)59-35)61-37-25-46(9,56-14)41(52)32(7)58-37)62-44-39(34(48(11)12)23-28(3)57-44)60-36(50)21-17-16-19-33-20-18-22-63-33/h27-35,37-42,44,51-52,54-55H,15-26H2,1-14H3/t27-,28-,29+,30-,31-,32+,33-,34+,35-,37+,38+,39-,40-,41+,42-,44+,45-,46-,47-/m1/s1. The topological polar surface area (TPSA) is 186 Å². The second-order valence-corrected chi connectivity index (χ2v) is 21.9. The van der Waals surface area contributed by atoms with Crippen molar-refractivity contribution in [3.05, 3.63) is 0 Å².